The molecule has 0 saturated carbocycles. The van der Waals surface area contributed by atoms with Crippen LogP contribution in [0.5, 0.6) is 5.75 Å². The van der Waals surface area contributed by atoms with Crippen LogP contribution < -0.4 is 10.1 Å². The molecule has 5 rings (SSSR count). The topological polar surface area (TPSA) is 76.5 Å². The third-order valence-corrected chi connectivity index (χ3v) is 8.78. The van der Waals surface area contributed by atoms with Crippen molar-refractivity contribution in [2.24, 2.45) is 4.36 Å². The highest BCUT2D eigenvalue weighted by Crippen LogP contribution is 2.31. The van der Waals surface area contributed by atoms with E-state index in [0.29, 0.717) is 29.4 Å². The lowest BCUT2D eigenvalue weighted by Gasteiger charge is -2.25. The van der Waals surface area contributed by atoms with E-state index < -0.39 is 9.73 Å². The Kier molecular flexibility index (Phi) is 6.29. The highest BCUT2D eigenvalue weighted by molar-refractivity contribution is 7.93. The molecule has 8 heteroatoms. The monoisotopic (exact) mass is 468 g/mol. The summed E-state index contributed by atoms with van der Waals surface area (Å²) < 4.78 is 37.7. The van der Waals surface area contributed by atoms with E-state index in [2.05, 4.69) is 19.6 Å². The van der Waals surface area contributed by atoms with Crippen molar-refractivity contribution in [2.75, 3.05) is 24.6 Å². The maximum atomic E-state index is 14.0. The zero-order valence-electron chi connectivity index (χ0n) is 18.8. The van der Waals surface area contributed by atoms with Gasteiger partial charge < -0.3 is 10.1 Å². The summed E-state index contributed by atoms with van der Waals surface area (Å²) in [5.74, 6) is 1.60. The predicted molar refractivity (Wildman–Crippen MR) is 129 cm³/mol. The normalized spacial score (nSPS) is 20.1. The molecule has 0 bridgehead atoms. The summed E-state index contributed by atoms with van der Waals surface area (Å²) in [6.07, 6.45) is 6.03. The van der Waals surface area contributed by atoms with Gasteiger partial charge in [0.15, 0.2) is 0 Å². The number of aryl methyl sites for hydroxylation is 1. The number of piperidine rings is 1. The second kappa shape index (κ2) is 9.35. The van der Waals surface area contributed by atoms with Crippen LogP contribution in [0.4, 0.5) is 10.1 Å². The number of aromatic nitrogens is 2. The SMILES string of the molecule is Cc1cc(N=S2(=O)CCCC2)cc2ncnc(Cc3ccc(F)cc3O[C@@H]3CCCNC3)c12. The number of hydrogen-bond acceptors (Lipinski definition) is 6. The molecule has 0 aliphatic carbocycles. The minimum atomic E-state index is -2.15. The number of halogens is 1. The summed E-state index contributed by atoms with van der Waals surface area (Å²) in [6, 6.07) is 8.57. The Morgan fingerprint density at radius 3 is 2.82 bits per heavy atom. The molecule has 174 valence electrons. The first-order valence-corrected chi connectivity index (χ1v) is 13.5. The Bertz CT molecular complexity index is 1290. The second-order valence-electron chi connectivity index (χ2n) is 8.97. The van der Waals surface area contributed by atoms with Crippen LogP contribution in [-0.4, -0.2) is 44.9 Å². The molecule has 3 aromatic rings. The van der Waals surface area contributed by atoms with Crippen LogP contribution in [0, 0.1) is 12.7 Å². The molecule has 1 atom stereocenters. The van der Waals surface area contributed by atoms with Crippen LogP contribution in [-0.2, 0) is 16.1 Å². The van der Waals surface area contributed by atoms with Crippen LogP contribution in [0.25, 0.3) is 10.9 Å². The third kappa shape index (κ3) is 5.01. The summed E-state index contributed by atoms with van der Waals surface area (Å²) in [7, 11) is -2.15. The molecule has 0 radical (unpaired) electrons. The van der Waals surface area contributed by atoms with Crippen molar-refractivity contribution >= 4 is 26.3 Å². The molecular weight excluding hydrogens is 439 g/mol. The van der Waals surface area contributed by atoms with E-state index in [1.54, 1.807) is 12.4 Å². The number of hydrogen-bond donors (Lipinski definition) is 1. The zero-order valence-corrected chi connectivity index (χ0v) is 19.7. The number of nitrogens with zero attached hydrogens (tertiary/aromatic N) is 3. The second-order valence-corrected chi connectivity index (χ2v) is 11.5. The molecule has 0 spiro atoms. The quantitative estimate of drug-likeness (QED) is 0.588. The van der Waals surface area contributed by atoms with Crippen LogP contribution >= 0.6 is 0 Å². The van der Waals surface area contributed by atoms with Gasteiger partial charge in [-0.2, -0.15) is 4.36 Å². The van der Waals surface area contributed by atoms with Crippen LogP contribution in [0.3, 0.4) is 0 Å². The predicted octanol–water partition coefficient (Wildman–Crippen LogP) is 4.69. The molecule has 0 unspecified atom stereocenters. The Balaban J connectivity index is 1.49. The molecule has 1 N–H and O–H groups in total. The maximum Gasteiger partial charge on any atom is 0.126 e. The van der Waals surface area contributed by atoms with Gasteiger partial charge in [-0.05, 0) is 62.9 Å². The lowest BCUT2D eigenvalue weighted by Crippen LogP contribution is -2.37. The van der Waals surface area contributed by atoms with Gasteiger partial charge >= 0.3 is 0 Å². The van der Waals surface area contributed by atoms with E-state index in [1.807, 2.05) is 19.1 Å². The van der Waals surface area contributed by atoms with Crippen molar-refractivity contribution in [1.82, 2.24) is 15.3 Å². The summed E-state index contributed by atoms with van der Waals surface area (Å²) in [5.41, 5.74) is 4.23. The van der Waals surface area contributed by atoms with Crippen molar-refractivity contribution < 1.29 is 13.3 Å². The molecular formula is C25H29FN4O2S. The Labute approximate surface area is 194 Å². The summed E-state index contributed by atoms with van der Waals surface area (Å²) in [5, 5.41) is 4.29. The molecule has 2 aliphatic rings. The van der Waals surface area contributed by atoms with Gasteiger partial charge in [0, 0.05) is 41.5 Å². The number of nitrogens with one attached hydrogen (secondary N) is 1. The number of rotatable bonds is 5. The first kappa shape index (κ1) is 22.2. The van der Waals surface area contributed by atoms with Crippen LogP contribution in [0.2, 0.25) is 0 Å². The fraction of sp³-hybridized carbons (Fsp3) is 0.440. The average Bonchev–Trinajstić information content (AvgIpc) is 3.22. The lowest BCUT2D eigenvalue weighted by atomic mass is 10.0. The first-order valence-electron chi connectivity index (χ1n) is 11.6. The van der Waals surface area contributed by atoms with E-state index in [4.69, 9.17) is 4.74 Å². The van der Waals surface area contributed by atoms with E-state index in [-0.39, 0.29) is 11.9 Å². The minimum absolute atomic E-state index is 0.0323. The summed E-state index contributed by atoms with van der Waals surface area (Å²) in [4.78, 5) is 9.03. The highest BCUT2D eigenvalue weighted by Gasteiger charge is 2.19. The molecule has 6 nitrogen and oxygen atoms in total. The standard InChI is InChI=1S/C25H29FN4O2S/c1-17-11-20(30-33(31)9-2-3-10-33)14-23-25(17)22(28-16-29-23)12-18-6-7-19(26)13-24(18)32-21-5-4-8-27-15-21/h6-7,11,13-14,16,21,27H,2-5,8-10,12,15H2,1H3/t21-/m1/s1. The molecule has 2 saturated heterocycles. The van der Waals surface area contributed by atoms with E-state index >= 15 is 0 Å². The zero-order chi connectivity index (χ0) is 22.8. The lowest BCUT2D eigenvalue weighted by molar-refractivity contribution is 0.165. The van der Waals surface area contributed by atoms with E-state index in [9.17, 15) is 8.60 Å². The van der Waals surface area contributed by atoms with Gasteiger partial charge in [-0.25, -0.2) is 18.6 Å². The minimum Gasteiger partial charge on any atom is -0.489 e. The number of benzene rings is 2. The Morgan fingerprint density at radius 2 is 2.03 bits per heavy atom. The van der Waals surface area contributed by atoms with Gasteiger partial charge in [-0.1, -0.05) is 6.07 Å². The number of fused-ring (bicyclic) bond motifs is 1. The molecule has 2 fully saturated rings. The Hall–Kier alpha value is -2.58. The molecule has 33 heavy (non-hydrogen) atoms. The van der Waals surface area contributed by atoms with Crippen molar-refractivity contribution in [3.63, 3.8) is 0 Å². The molecule has 0 amide bonds. The fourth-order valence-electron chi connectivity index (χ4n) is 4.74. The molecule has 3 heterocycles. The number of ether oxygens (including phenoxy) is 1. The van der Waals surface area contributed by atoms with Gasteiger partial charge in [-0.15, -0.1) is 0 Å². The van der Waals surface area contributed by atoms with E-state index in [0.717, 1.165) is 66.5 Å². The summed E-state index contributed by atoms with van der Waals surface area (Å²) >= 11 is 0. The van der Waals surface area contributed by atoms with Crippen LogP contribution in [0.1, 0.15) is 42.5 Å². The van der Waals surface area contributed by atoms with Gasteiger partial charge in [0.2, 0.25) is 0 Å². The van der Waals surface area contributed by atoms with Gasteiger partial charge in [0.05, 0.1) is 26.6 Å². The molecule has 2 aromatic carbocycles. The maximum absolute atomic E-state index is 14.0. The Morgan fingerprint density at radius 1 is 1.18 bits per heavy atom. The van der Waals surface area contributed by atoms with Crippen LogP contribution in [0.15, 0.2) is 41.0 Å². The van der Waals surface area contributed by atoms with E-state index in [1.165, 1.54) is 12.1 Å². The van der Waals surface area contributed by atoms with Crippen molar-refractivity contribution in [3.05, 3.63) is 59.3 Å². The molecule has 2 aliphatic heterocycles. The fourth-order valence-corrected chi connectivity index (χ4v) is 6.93. The van der Waals surface area contributed by atoms with Gasteiger partial charge in [0.25, 0.3) is 0 Å². The van der Waals surface area contributed by atoms with Gasteiger partial charge in [-0.3, -0.25) is 0 Å². The van der Waals surface area contributed by atoms with Crippen molar-refractivity contribution in [1.29, 1.82) is 0 Å². The third-order valence-electron chi connectivity index (χ3n) is 6.38. The highest BCUT2D eigenvalue weighted by atomic mass is 32.2. The first-order chi connectivity index (χ1) is 16.0. The smallest absolute Gasteiger partial charge is 0.126 e. The van der Waals surface area contributed by atoms with Crippen molar-refractivity contribution in [3.8, 4) is 5.75 Å². The summed E-state index contributed by atoms with van der Waals surface area (Å²) in [6.45, 7) is 3.76. The molecule has 1 aromatic heterocycles. The largest absolute Gasteiger partial charge is 0.489 e. The van der Waals surface area contributed by atoms with Crippen molar-refractivity contribution in [2.45, 2.75) is 45.1 Å². The average molecular weight is 469 g/mol. The van der Waals surface area contributed by atoms with Gasteiger partial charge in [0.1, 0.15) is 24.0 Å².